The number of nitrogens with one attached hydrogen (secondary N) is 1. The molecule has 2 aromatic rings. The number of carbonyl (C=O) groups excluding carboxylic acids is 2. The van der Waals surface area contributed by atoms with Crippen molar-refractivity contribution >= 4 is 17.6 Å². The monoisotopic (exact) mass is 281 g/mol. The number of amides is 1. The van der Waals surface area contributed by atoms with E-state index in [4.69, 9.17) is 4.74 Å². The van der Waals surface area contributed by atoms with Crippen molar-refractivity contribution in [1.82, 2.24) is 0 Å². The summed E-state index contributed by atoms with van der Waals surface area (Å²) in [7, 11) is 1.37. The summed E-state index contributed by atoms with van der Waals surface area (Å²) in [5.74, 6) is -0.358. The predicted molar refractivity (Wildman–Crippen MR) is 80.3 cm³/mol. The van der Waals surface area contributed by atoms with Crippen molar-refractivity contribution in [2.75, 3.05) is 12.4 Å². The van der Waals surface area contributed by atoms with Crippen molar-refractivity contribution in [2.24, 2.45) is 0 Å². The number of aryl methyl sites for hydroxylation is 1. The lowest BCUT2D eigenvalue weighted by Crippen LogP contribution is -2.04. The van der Waals surface area contributed by atoms with Crippen LogP contribution in [0.1, 0.15) is 21.5 Å². The highest BCUT2D eigenvalue weighted by Crippen LogP contribution is 2.33. The molecule has 0 spiro atoms. The molecule has 2 aromatic carbocycles. The summed E-state index contributed by atoms with van der Waals surface area (Å²) >= 11 is 0. The van der Waals surface area contributed by atoms with E-state index < -0.39 is 0 Å². The fraction of sp³-hybridized carbons (Fsp3) is 0.176. The number of fused-ring (bicyclic) bond motifs is 1. The molecule has 0 unspecified atom stereocenters. The van der Waals surface area contributed by atoms with E-state index in [0.29, 0.717) is 12.0 Å². The standard InChI is InChI=1S/C17H15NO3/c1-10-4-3-5-13(17(20)21-2)16(10)11-6-7-14-12(8-11)9-15(19)18-14/h3-8H,9H2,1-2H3,(H,18,19). The Morgan fingerprint density at radius 1 is 1.24 bits per heavy atom. The molecule has 1 heterocycles. The maximum atomic E-state index is 12.0. The van der Waals surface area contributed by atoms with Gasteiger partial charge in [0, 0.05) is 5.69 Å². The molecule has 1 amide bonds. The molecule has 0 bridgehead atoms. The molecule has 106 valence electrons. The van der Waals surface area contributed by atoms with E-state index >= 15 is 0 Å². The zero-order valence-electron chi connectivity index (χ0n) is 11.9. The molecule has 0 radical (unpaired) electrons. The topological polar surface area (TPSA) is 55.4 Å². The van der Waals surface area contributed by atoms with E-state index in [-0.39, 0.29) is 11.9 Å². The third-order valence-electron chi connectivity index (χ3n) is 3.70. The van der Waals surface area contributed by atoms with Crippen molar-refractivity contribution in [1.29, 1.82) is 0 Å². The van der Waals surface area contributed by atoms with E-state index in [1.54, 1.807) is 6.07 Å². The van der Waals surface area contributed by atoms with Gasteiger partial charge in [-0.15, -0.1) is 0 Å². The fourth-order valence-electron chi connectivity index (χ4n) is 2.72. The predicted octanol–water partition coefficient (Wildman–Crippen LogP) is 2.94. The van der Waals surface area contributed by atoms with E-state index in [1.807, 2.05) is 37.3 Å². The van der Waals surface area contributed by atoms with Crippen LogP contribution in [0.4, 0.5) is 5.69 Å². The van der Waals surface area contributed by atoms with E-state index in [0.717, 1.165) is 27.9 Å². The van der Waals surface area contributed by atoms with Gasteiger partial charge in [-0.05, 0) is 47.4 Å². The number of anilines is 1. The number of carbonyl (C=O) groups is 2. The summed E-state index contributed by atoms with van der Waals surface area (Å²) in [6.07, 6.45) is 0.378. The van der Waals surface area contributed by atoms with Gasteiger partial charge in [0.15, 0.2) is 0 Å². The number of methoxy groups -OCH3 is 1. The van der Waals surface area contributed by atoms with Crippen molar-refractivity contribution in [3.05, 3.63) is 53.1 Å². The summed E-state index contributed by atoms with van der Waals surface area (Å²) in [5, 5.41) is 2.81. The molecule has 0 aliphatic carbocycles. The van der Waals surface area contributed by atoms with Gasteiger partial charge in [0.1, 0.15) is 0 Å². The molecule has 1 aliphatic heterocycles. The summed E-state index contributed by atoms with van der Waals surface area (Å²) in [4.78, 5) is 23.4. The third-order valence-corrected chi connectivity index (χ3v) is 3.70. The Morgan fingerprint density at radius 2 is 2.05 bits per heavy atom. The third kappa shape index (κ3) is 2.29. The van der Waals surface area contributed by atoms with Crippen LogP contribution in [-0.4, -0.2) is 19.0 Å². The smallest absolute Gasteiger partial charge is 0.338 e. The SMILES string of the molecule is COC(=O)c1cccc(C)c1-c1ccc2c(c1)CC(=O)N2. The lowest BCUT2D eigenvalue weighted by molar-refractivity contribution is -0.115. The van der Waals surface area contributed by atoms with Gasteiger partial charge in [0.25, 0.3) is 0 Å². The Hall–Kier alpha value is -2.62. The second-order valence-electron chi connectivity index (χ2n) is 5.09. The van der Waals surface area contributed by atoms with E-state index in [1.165, 1.54) is 7.11 Å². The van der Waals surface area contributed by atoms with Crippen LogP contribution in [0.25, 0.3) is 11.1 Å². The zero-order chi connectivity index (χ0) is 15.0. The number of ether oxygens (including phenoxy) is 1. The lowest BCUT2D eigenvalue weighted by Gasteiger charge is -2.12. The highest BCUT2D eigenvalue weighted by molar-refractivity contribution is 6.01. The van der Waals surface area contributed by atoms with Gasteiger partial charge in [-0.1, -0.05) is 18.2 Å². The molecule has 21 heavy (non-hydrogen) atoms. The molecule has 3 rings (SSSR count). The number of hydrogen-bond acceptors (Lipinski definition) is 3. The van der Waals surface area contributed by atoms with Crippen LogP contribution >= 0.6 is 0 Å². The first-order valence-electron chi connectivity index (χ1n) is 6.71. The maximum Gasteiger partial charge on any atom is 0.338 e. The van der Waals surface area contributed by atoms with Gasteiger partial charge < -0.3 is 10.1 Å². The minimum Gasteiger partial charge on any atom is -0.465 e. The number of rotatable bonds is 2. The quantitative estimate of drug-likeness (QED) is 0.861. The number of benzene rings is 2. The summed E-state index contributed by atoms with van der Waals surface area (Å²) in [5.41, 5.74) is 5.11. The van der Waals surface area contributed by atoms with Gasteiger partial charge in [0.2, 0.25) is 5.91 Å². The zero-order valence-corrected chi connectivity index (χ0v) is 11.9. The largest absolute Gasteiger partial charge is 0.465 e. The normalized spacial score (nSPS) is 12.8. The van der Waals surface area contributed by atoms with Crippen LogP contribution in [0.3, 0.4) is 0 Å². The molecular formula is C17H15NO3. The van der Waals surface area contributed by atoms with Crippen molar-refractivity contribution < 1.29 is 14.3 Å². The maximum absolute atomic E-state index is 12.0. The molecule has 0 saturated heterocycles. The Morgan fingerprint density at radius 3 is 2.81 bits per heavy atom. The Bertz CT molecular complexity index is 750. The first kappa shape index (κ1) is 13.4. The van der Waals surface area contributed by atoms with E-state index in [9.17, 15) is 9.59 Å². The second kappa shape index (κ2) is 5.05. The average molecular weight is 281 g/mol. The van der Waals surface area contributed by atoms with Gasteiger partial charge in [0.05, 0.1) is 19.1 Å². The average Bonchev–Trinajstić information content (AvgIpc) is 2.85. The summed E-state index contributed by atoms with van der Waals surface area (Å²) in [6.45, 7) is 1.96. The first-order valence-corrected chi connectivity index (χ1v) is 6.71. The van der Waals surface area contributed by atoms with Crippen LogP contribution in [-0.2, 0) is 16.0 Å². The molecule has 0 atom stereocenters. The fourth-order valence-corrected chi connectivity index (χ4v) is 2.72. The Balaban J connectivity index is 2.15. The minimum absolute atomic E-state index is 0.000116. The van der Waals surface area contributed by atoms with Gasteiger partial charge >= 0.3 is 5.97 Å². The van der Waals surface area contributed by atoms with E-state index in [2.05, 4.69) is 5.32 Å². The summed E-state index contributed by atoms with van der Waals surface area (Å²) < 4.78 is 4.86. The minimum atomic E-state index is -0.358. The van der Waals surface area contributed by atoms with Crippen LogP contribution in [0.15, 0.2) is 36.4 Å². The second-order valence-corrected chi connectivity index (χ2v) is 5.09. The van der Waals surface area contributed by atoms with Crippen molar-refractivity contribution in [3.63, 3.8) is 0 Å². The van der Waals surface area contributed by atoms with Crippen molar-refractivity contribution in [3.8, 4) is 11.1 Å². The lowest BCUT2D eigenvalue weighted by atomic mass is 9.93. The molecule has 0 saturated carbocycles. The van der Waals surface area contributed by atoms with Crippen LogP contribution in [0.5, 0.6) is 0 Å². The number of hydrogen-bond donors (Lipinski definition) is 1. The highest BCUT2D eigenvalue weighted by atomic mass is 16.5. The molecule has 4 heteroatoms. The molecule has 1 aliphatic rings. The Labute approximate surface area is 122 Å². The highest BCUT2D eigenvalue weighted by Gasteiger charge is 2.20. The van der Waals surface area contributed by atoms with Crippen molar-refractivity contribution in [2.45, 2.75) is 13.3 Å². The van der Waals surface area contributed by atoms with Crippen LogP contribution in [0.2, 0.25) is 0 Å². The molecular weight excluding hydrogens is 266 g/mol. The van der Waals surface area contributed by atoms with Crippen LogP contribution < -0.4 is 5.32 Å². The van der Waals surface area contributed by atoms with Crippen LogP contribution in [0, 0.1) is 6.92 Å². The van der Waals surface area contributed by atoms with Gasteiger partial charge in [-0.2, -0.15) is 0 Å². The Kier molecular flexibility index (Phi) is 3.22. The molecule has 4 nitrogen and oxygen atoms in total. The summed E-state index contributed by atoms with van der Waals surface area (Å²) in [6, 6.07) is 11.3. The molecule has 0 fully saturated rings. The van der Waals surface area contributed by atoms with Gasteiger partial charge in [-0.25, -0.2) is 4.79 Å². The molecule has 1 N–H and O–H groups in total. The first-order chi connectivity index (χ1) is 10.1. The number of esters is 1. The molecule has 0 aromatic heterocycles. The van der Waals surface area contributed by atoms with Gasteiger partial charge in [-0.3, -0.25) is 4.79 Å².